The lowest BCUT2D eigenvalue weighted by atomic mass is 9.97. The minimum atomic E-state index is -0.108. The van der Waals surface area contributed by atoms with E-state index in [1.165, 1.54) is 18.2 Å². The lowest BCUT2D eigenvalue weighted by Crippen LogP contribution is -2.42. The summed E-state index contributed by atoms with van der Waals surface area (Å²) < 4.78 is 4.80. The number of hydrogen-bond acceptors (Lipinski definition) is 3. The van der Waals surface area contributed by atoms with E-state index >= 15 is 0 Å². The van der Waals surface area contributed by atoms with E-state index in [-0.39, 0.29) is 11.9 Å². The van der Waals surface area contributed by atoms with Gasteiger partial charge in [-0.2, -0.15) is 0 Å². The number of nitrogens with zero attached hydrogens (tertiary/aromatic N) is 1. The molecule has 0 saturated carbocycles. The lowest BCUT2D eigenvalue weighted by Gasteiger charge is -2.32. The van der Waals surface area contributed by atoms with Crippen molar-refractivity contribution in [2.75, 3.05) is 25.5 Å². The summed E-state index contributed by atoms with van der Waals surface area (Å²) in [5.41, 5.74) is 3.43. The maximum atomic E-state index is 11.5. The van der Waals surface area contributed by atoms with E-state index in [1.54, 1.807) is 0 Å². The maximum absolute atomic E-state index is 11.5. The number of thiocarbonyl (C=S) groups is 1. The summed E-state index contributed by atoms with van der Waals surface area (Å²) in [6, 6.07) is 6.28. The second kappa shape index (κ2) is 6.89. The number of benzene rings is 1. The molecule has 1 fully saturated rings. The van der Waals surface area contributed by atoms with Gasteiger partial charge in [-0.1, -0.05) is 12.1 Å². The second-order valence-electron chi connectivity index (χ2n) is 5.53. The molecule has 1 aliphatic heterocycles. The lowest BCUT2D eigenvalue weighted by molar-refractivity contribution is -0.146. The molecule has 1 heterocycles. The van der Waals surface area contributed by atoms with Gasteiger partial charge in [-0.15, -0.1) is 0 Å². The molecule has 0 radical (unpaired) electrons. The molecule has 21 heavy (non-hydrogen) atoms. The standard InChI is InChI=1S/C16H22N2O2S/c1-11-4-5-12(2)14(10-11)17-16(21)18-8-6-13(7-9-18)15(19)20-3/h4-5,10,13H,6-9H2,1-3H3,(H,17,21). The smallest absolute Gasteiger partial charge is 0.308 e. The van der Waals surface area contributed by atoms with Crippen LogP contribution in [0, 0.1) is 19.8 Å². The van der Waals surface area contributed by atoms with Crippen molar-refractivity contribution < 1.29 is 9.53 Å². The van der Waals surface area contributed by atoms with Gasteiger partial charge in [0.05, 0.1) is 13.0 Å². The molecular formula is C16H22N2O2S. The molecule has 1 aromatic carbocycles. The van der Waals surface area contributed by atoms with Crippen LogP contribution in [0.15, 0.2) is 18.2 Å². The summed E-state index contributed by atoms with van der Waals surface area (Å²) in [7, 11) is 1.45. The number of ether oxygens (including phenoxy) is 1. The average Bonchev–Trinajstić information content (AvgIpc) is 2.50. The Morgan fingerprint density at radius 1 is 1.33 bits per heavy atom. The van der Waals surface area contributed by atoms with E-state index in [4.69, 9.17) is 17.0 Å². The predicted molar refractivity (Wildman–Crippen MR) is 88.4 cm³/mol. The predicted octanol–water partition coefficient (Wildman–Crippen LogP) is 2.89. The van der Waals surface area contributed by atoms with Gasteiger partial charge in [0.1, 0.15) is 0 Å². The Balaban J connectivity index is 1.93. The molecule has 0 atom stereocenters. The second-order valence-corrected chi connectivity index (χ2v) is 5.92. The highest BCUT2D eigenvalue weighted by Crippen LogP contribution is 2.21. The average molecular weight is 306 g/mol. The molecule has 114 valence electrons. The zero-order chi connectivity index (χ0) is 15.4. The minimum absolute atomic E-state index is 0.00903. The number of piperidine rings is 1. The van der Waals surface area contributed by atoms with Crippen LogP contribution < -0.4 is 5.32 Å². The van der Waals surface area contributed by atoms with Crippen molar-refractivity contribution in [2.45, 2.75) is 26.7 Å². The normalized spacial score (nSPS) is 15.7. The summed E-state index contributed by atoms with van der Waals surface area (Å²) in [5, 5.41) is 4.05. The van der Waals surface area contributed by atoms with E-state index in [2.05, 4.69) is 42.3 Å². The monoisotopic (exact) mass is 306 g/mol. The third kappa shape index (κ3) is 3.94. The van der Waals surface area contributed by atoms with E-state index in [0.717, 1.165) is 36.7 Å². The number of esters is 1. The number of aryl methyl sites for hydroxylation is 2. The first-order valence-electron chi connectivity index (χ1n) is 7.22. The number of carbonyl (C=O) groups is 1. The van der Waals surface area contributed by atoms with Crippen LogP contribution in [0.2, 0.25) is 0 Å². The molecule has 1 aromatic rings. The maximum Gasteiger partial charge on any atom is 0.308 e. The van der Waals surface area contributed by atoms with Crippen LogP contribution in [0.5, 0.6) is 0 Å². The minimum Gasteiger partial charge on any atom is -0.469 e. The highest BCUT2D eigenvalue weighted by Gasteiger charge is 2.26. The Morgan fingerprint density at radius 3 is 2.62 bits per heavy atom. The van der Waals surface area contributed by atoms with Gasteiger partial charge in [-0.25, -0.2) is 0 Å². The first kappa shape index (κ1) is 15.8. The fraction of sp³-hybridized carbons (Fsp3) is 0.500. The summed E-state index contributed by atoms with van der Waals surface area (Å²) in [6.07, 6.45) is 1.59. The van der Waals surface area contributed by atoms with Crippen LogP contribution in [-0.2, 0) is 9.53 Å². The largest absolute Gasteiger partial charge is 0.469 e. The quantitative estimate of drug-likeness (QED) is 0.672. The fourth-order valence-electron chi connectivity index (χ4n) is 2.55. The van der Waals surface area contributed by atoms with Crippen molar-refractivity contribution in [2.24, 2.45) is 5.92 Å². The molecule has 0 bridgehead atoms. The Kier molecular flexibility index (Phi) is 5.17. The van der Waals surface area contributed by atoms with Gasteiger partial charge in [0.25, 0.3) is 0 Å². The highest BCUT2D eigenvalue weighted by atomic mass is 32.1. The molecule has 0 aromatic heterocycles. The number of nitrogens with one attached hydrogen (secondary N) is 1. The molecule has 0 aliphatic carbocycles. The number of likely N-dealkylation sites (tertiary alicyclic amines) is 1. The van der Waals surface area contributed by atoms with Crippen LogP contribution in [0.4, 0.5) is 5.69 Å². The Morgan fingerprint density at radius 2 is 2.00 bits per heavy atom. The molecule has 0 unspecified atom stereocenters. The number of methoxy groups -OCH3 is 1. The van der Waals surface area contributed by atoms with Gasteiger partial charge in [0.2, 0.25) is 0 Å². The molecule has 1 aliphatic rings. The van der Waals surface area contributed by atoms with E-state index in [9.17, 15) is 4.79 Å². The van der Waals surface area contributed by atoms with Gasteiger partial charge in [-0.05, 0) is 56.1 Å². The molecule has 0 spiro atoms. The van der Waals surface area contributed by atoms with Crippen molar-refractivity contribution in [3.8, 4) is 0 Å². The summed E-state index contributed by atoms with van der Waals surface area (Å²) in [6.45, 7) is 5.70. The number of anilines is 1. The summed E-state index contributed by atoms with van der Waals surface area (Å²) in [4.78, 5) is 13.6. The Hall–Kier alpha value is -1.62. The molecule has 2 rings (SSSR count). The summed E-state index contributed by atoms with van der Waals surface area (Å²) in [5.74, 6) is -0.0992. The van der Waals surface area contributed by atoms with Gasteiger partial charge < -0.3 is 15.0 Å². The third-order valence-corrected chi connectivity index (χ3v) is 4.31. The highest BCUT2D eigenvalue weighted by molar-refractivity contribution is 7.80. The summed E-state index contributed by atoms with van der Waals surface area (Å²) >= 11 is 5.49. The van der Waals surface area contributed by atoms with E-state index < -0.39 is 0 Å². The van der Waals surface area contributed by atoms with Crippen molar-refractivity contribution in [3.63, 3.8) is 0 Å². The van der Waals surface area contributed by atoms with Gasteiger partial charge in [0, 0.05) is 18.8 Å². The Bertz CT molecular complexity index is 537. The molecule has 1 N–H and O–H groups in total. The molecule has 5 heteroatoms. The van der Waals surface area contributed by atoms with Crippen molar-refractivity contribution >= 4 is 29.0 Å². The molecule has 4 nitrogen and oxygen atoms in total. The van der Waals surface area contributed by atoms with Gasteiger partial charge in [-0.3, -0.25) is 4.79 Å². The van der Waals surface area contributed by atoms with Gasteiger partial charge >= 0.3 is 5.97 Å². The molecule has 0 amide bonds. The first-order chi connectivity index (χ1) is 10.0. The van der Waals surface area contributed by atoms with Crippen molar-refractivity contribution in [1.29, 1.82) is 0 Å². The van der Waals surface area contributed by atoms with Crippen LogP contribution in [0.3, 0.4) is 0 Å². The topological polar surface area (TPSA) is 41.6 Å². The zero-order valence-electron chi connectivity index (χ0n) is 12.8. The number of rotatable bonds is 2. The van der Waals surface area contributed by atoms with Crippen LogP contribution in [0.25, 0.3) is 0 Å². The van der Waals surface area contributed by atoms with Crippen molar-refractivity contribution in [3.05, 3.63) is 29.3 Å². The van der Waals surface area contributed by atoms with Crippen LogP contribution in [0.1, 0.15) is 24.0 Å². The van der Waals surface area contributed by atoms with Gasteiger partial charge in [0.15, 0.2) is 5.11 Å². The first-order valence-corrected chi connectivity index (χ1v) is 7.63. The Labute approximate surface area is 131 Å². The zero-order valence-corrected chi connectivity index (χ0v) is 13.6. The fourth-order valence-corrected chi connectivity index (χ4v) is 2.84. The van der Waals surface area contributed by atoms with Crippen LogP contribution in [-0.4, -0.2) is 36.2 Å². The number of carbonyl (C=O) groups excluding carboxylic acids is 1. The van der Waals surface area contributed by atoms with E-state index in [1.807, 2.05) is 0 Å². The van der Waals surface area contributed by atoms with E-state index in [0.29, 0.717) is 0 Å². The van der Waals surface area contributed by atoms with Crippen LogP contribution >= 0.6 is 12.2 Å². The number of hydrogen-bond donors (Lipinski definition) is 1. The van der Waals surface area contributed by atoms with Crippen molar-refractivity contribution in [1.82, 2.24) is 4.90 Å². The molecule has 1 saturated heterocycles. The molecular weight excluding hydrogens is 284 g/mol. The SMILES string of the molecule is COC(=O)C1CCN(C(=S)Nc2cc(C)ccc2C)CC1. The third-order valence-electron chi connectivity index (χ3n) is 3.95.